The molecule has 7 nitrogen and oxygen atoms in total. The smallest absolute Gasteiger partial charge is 0.237 e. The summed E-state index contributed by atoms with van der Waals surface area (Å²) in [6, 6.07) is 11.6. The average molecular weight is 435 g/mol. The van der Waals surface area contributed by atoms with Gasteiger partial charge in [0.05, 0.1) is 34.4 Å². The highest BCUT2D eigenvalue weighted by Gasteiger charge is 2.27. The van der Waals surface area contributed by atoms with Crippen molar-refractivity contribution in [3.05, 3.63) is 42.5 Å². The molecule has 1 heterocycles. The number of amides is 2. The van der Waals surface area contributed by atoms with E-state index in [1.807, 2.05) is 0 Å². The van der Waals surface area contributed by atoms with E-state index < -0.39 is 21.7 Å². The van der Waals surface area contributed by atoms with Gasteiger partial charge in [0.25, 0.3) is 0 Å². The zero-order valence-corrected chi connectivity index (χ0v) is 17.9. The van der Waals surface area contributed by atoms with Crippen molar-refractivity contribution in [1.82, 2.24) is 0 Å². The summed E-state index contributed by atoms with van der Waals surface area (Å²) < 4.78 is 30.9. The van der Waals surface area contributed by atoms with E-state index in [1.54, 1.807) is 44.2 Å². The van der Waals surface area contributed by atoms with Crippen LogP contribution in [0.2, 0.25) is 0 Å². The number of ether oxygens (including phenoxy) is 1. The summed E-state index contributed by atoms with van der Waals surface area (Å²) in [6.45, 7) is 3.34. The van der Waals surface area contributed by atoms with Crippen LogP contribution in [-0.2, 0) is 19.4 Å². The summed E-state index contributed by atoms with van der Waals surface area (Å²) in [6.07, 6.45) is 0. The lowest BCUT2D eigenvalue weighted by atomic mass is 10.2. The van der Waals surface area contributed by atoms with Crippen molar-refractivity contribution in [2.24, 2.45) is 5.92 Å². The van der Waals surface area contributed by atoms with Crippen LogP contribution in [-0.4, -0.2) is 38.3 Å². The predicted octanol–water partition coefficient (Wildman–Crippen LogP) is 3.18. The first-order chi connectivity index (χ1) is 13.7. The van der Waals surface area contributed by atoms with Gasteiger partial charge in [0.15, 0.2) is 9.84 Å². The molecule has 0 radical (unpaired) electrons. The number of thioether (sulfide) groups is 1. The molecule has 154 valence electrons. The van der Waals surface area contributed by atoms with Crippen LogP contribution in [0.3, 0.4) is 0 Å². The maximum Gasteiger partial charge on any atom is 0.237 e. The normalized spacial score (nSPS) is 17.1. The Bertz CT molecular complexity index is 1050. The SMILES string of the molecule is COc1ccccc1NC(=O)C(C)CS(=O)(=O)c1ccc2c(c1)NC(=O)C(C)S2. The van der Waals surface area contributed by atoms with Gasteiger partial charge in [0.2, 0.25) is 11.8 Å². The Morgan fingerprint density at radius 3 is 2.72 bits per heavy atom. The van der Waals surface area contributed by atoms with Gasteiger partial charge in [-0.25, -0.2) is 8.42 Å². The number of rotatable bonds is 6. The van der Waals surface area contributed by atoms with Crippen molar-refractivity contribution in [3.63, 3.8) is 0 Å². The number of sulfone groups is 1. The van der Waals surface area contributed by atoms with Crippen molar-refractivity contribution >= 4 is 44.8 Å². The van der Waals surface area contributed by atoms with Gasteiger partial charge < -0.3 is 15.4 Å². The Hall–Kier alpha value is -2.52. The second kappa shape index (κ2) is 8.46. The zero-order valence-electron chi connectivity index (χ0n) is 16.3. The highest BCUT2D eigenvalue weighted by Crippen LogP contribution is 2.37. The lowest BCUT2D eigenvalue weighted by Crippen LogP contribution is -2.28. The van der Waals surface area contributed by atoms with E-state index >= 15 is 0 Å². The third-order valence-electron chi connectivity index (χ3n) is 4.52. The number of hydrogen-bond acceptors (Lipinski definition) is 6. The molecular weight excluding hydrogens is 412 g/mol. The number of anilines is 2. The van der Waals surface area contributed by atoms with Gasteiger partial charge in [-0.2, -0.15) is 0 Å². The molecule has 0 fully saturated rings. The molecule has 0 aliphatic carbocycles. The van der Waals surface area contributed by atoms with Crippen LogP contribution in [0.4, 0.5) is 11.4 Å². The van der Waals surface area contributed by atoms with Gasteiger partial charge in [-0.3, -0.25) is 9.59 Å². The number of fused-ring (bicyclic) bond motifs is 1. The number of benzene rings is 2. The standard InChI is InChI=1S/C20H22N2O5S2/c1-12(19(23)21-15-6-4-5-7-17(15)27-3)11-29(25,26)14-8-9-18-16(10-14)22-20(24)13(2)28-18/h4-10,12-13H,11H2,1-3H3,(H,21,23)(H,22,24). The van der Waals surface area contributed by atoms with Crippen LogP contribution in [0.1, 0.15) is 13.8 Å². The third kappa shape index (κ3) is 4.73. The number of nitrogens with one attached hydrogen (secondary N) is 2. The molecule has 0 saturated carbocycles. The summed E-state index contributed by atoms with van der Waals surface area (Å²) in [5.41, 5.74) is 0.956. The second-order valence-corrected chi connectivity index (χ2v) is 10.2. The first-order valence-corrected chi connectivity index (χ1v) is 11.5. The van der Waals surface area contributed by atoms with E-state index in [0.717, 1.165) is 4.90 Å². The Labute approximate surface area is 174 Å². The molecule has 2 aromatic rings. The Balaban J connectivity index is 1.74. The van der Waals surface area contributed by atoms with Crippen molar-refractivity contribution < 1.29 is 22.7 Å². The molecule has 0 saturated heterocycles. The summed E-state index contributed by atoms with van der Waals surface area (Å²) >= 11 is 1.38. The van der Waals surface area contributed by atoms with Gasteiger partial charge >= 0.3 is 0 Å². The summed E-state index contributed by atoms with van der Waals surface area (Å²) in [5.74, 6) is -1.24. The summed E-state index contributed by atoms with van der Waals surface area (Å²) in [7, 11) is -2.24. The van der Waals surface area contributed by atoms with Gasteiger partial charge in [-0.15, -0.1) is 11.8 Å². The fraction of sp³-hybridized carbons (Fsp3) is 0.300. The molecule has 2 unspecified atom stereocenters. The van der Waals surface area contributed by atoms with Gasteiger partial charge in [-0.05, 0) is 37.3 Å². The van der Waals surface area contributed by atoms with Crippen molar-refractivity contribution in [1.29, 1.82) is 0 Å². The summed E-state index contributed by atoms with van der Waals surface area (Å²) in [4.78, 5) is 25.3. The minimum atomic E-state index is -3.73. The number of methoxy groups -OCH3 is 1. The molecule has 9 heteroatoms. The molecular formula is C20H22N2O5S2. The van der Waals surface area contributed by atoms with Gasteiger partial charge in [0, 0.05) is 10.8 Å². The number of para-hydroxylation sites is 2. The molecule has 1 aliphatic rings. The van der Waals surface area contributed by atoms with E-state index in [-0.39, 0.29) is 21.8 Å². The number of carbonyl (C=O) groups excluding carboxylic acids is 2. The van der Waals surface area contributed by atoms with Crippen LogP contribution in [0.5, 0.6) is 5.75 Å². The maximum absolute atomic E-state index is 12.8. The zero-order chi connectivity index (χ0) is 21.2. The minimum Gasteiger partial charge on any atom is -0.495 e. The maximum atomic E-state index is 12.8. The Morgan fingerprint density at radius 1 is 1.28 bits per heavy atom. The Morgan fingerprint density at radius 2 is 2.00 bits per heavy atom. The van der Waals surface area contributed by atoms with Crippen LogP contribution in [0, 0.1) is 5.92 Å². The molecule has 0 aromatic heterocycles. The molecule has 2 atom stereocenters. The average Bonchev–Trinajstić information content (AvgIpc) is 2.68. The number of hydrogen-bond donors (Lipinski definition) is 2. The molecule has 2 amide bonds. The molecule has 3 rings (SSSR count). The lowest BCUT2D eigenvalue weighted by Gasteiger charge is -2.22. The van der Waals surface area contributed by atoms with Crippen LogP contribution < -0.4 is 15.4 Å². The highest BCUT2D eigenvalue weighted by molar-refractivity contribution is 8.01. The van der Waals surface area contributed by atoms with Crippen molar-refractivity contribution in [2.75, 3.05) is 23.5 Å². The van der Waals surface area contributed by atoms with Gasteiger partial charge in [-0.1, -0.05) is 19.1 Å². The van der Waals surface area contributed by atoms with E-state index in [1.165, 1.54) is 31.0 Å². The minimum absolute atomic E-state index is 0.0728. The van der Waals surface area contributed by atoms with E-state index in [9.17, 15) is 18.0 Å². The topological polar surface area (TPSA) is 102 Å². The highest BCUT2D eigenvalue weighted by atomic mass is 32.2. The fourth-order valence-electron chi connectivity index (χ4n) is 2.89. The van der Waals surface area contributed by atoms with Crippen LogP contribution in [0.15, 0.2) is 52.3 Å². The monoisotopic (exact) mass is 434 g/mol. The second-order valence-electron chi connectivity index (χ2n) is 6.78. The van der Waals surface area contributed by atoms with E-state index in [0.29, 0.717) is 17.1 Å². The quantitative estimate of drug-likeness (QED) is 0.724. The molecule has 0 bridgehead atoms. The van der Waals surface area contributed by atoms with Crippen molar-refractivity contribution in [2.45, 2.75) is 28.9 Å². The van der Waals surface area contributed by atoms with E-state index in [2.05, 4.69) is 10.6 Å². The Kier molecular flexibility index (Phi) is 6.18. The summed E-state index contributed by atoms with van der Waals surface area (Å²) in [5, 5.41) is 5.20. The predicted molar refractivity (Wildman–Crippen MR) is 113 cm³/mol. The fourth-order valence-corrected chi connectivity index (χ4v) is 5.39. The first-order valence-electron chi connectivity index (χ1n) is 8.99. The van der Waals surface area contributed by atoms with Gasteiger partial charge in [0.1, 0.15) is 5.75 Å². The van der Waals surface area contributed by atoms with Crippen molar-refractivity contribution in [3.8, 4) is 5.75 Å². The van der Waals surface area contributed by atoms with Crippen LogP contribution >= 0.6 is 11.8 Å². The lowest BCUT2D eigenvalue weighted by molar-refractivity contribution is -0.119. The molecule has 0 spiro atoms. The molecule has 2 N–H and O–H groups in total. The molecule has 29 heavy (non-hydrogen) atoms. The van der Waals surface area contributed by atoms with Crippen LogP contribution in [0.25, 0.3) is 0 Å². The molecule has 1 aliphatic heterocycles. The number of carbonyl (C=O) groups is 2. The largest absolute Gasteiger partial charge is 0.495 e. The molecule has 2 aromatic carbocycles. The third-order valence-corrected chi connectivity index (χ3v) is 7.61. The first kappa shape index (κ1) is 21.2. The van der Waals surface area contributed by atoms with E-state index in [4.69, 9.17) is 4.74 Å².